The van der Waals surface area contributed by atoms with Crippen molar-refractivity contribution in [3.05, 3.63) is 34.9 Å². The maximum Gasteiger partial charge on any atom is 0.410 e. The van der Waals surface area contributed by atoms with Crippen LogP contribution in [-0.2, 0) is 0 Å². The number of rotatable bonds is 2. The highest BCUT2D eigenvalue weighted by Crippen LogP contribution is 2.46. The monoisotopic (exact) mass is 418 g/mol. The van der Waals surface area contributed by atoms with Crippen LogP contribution in [0.5, 0.6) is 0 Å². The van der Waals surface area contributed by atoms with E-state index in [1.54, 1.807) is 17.0 Å². The van der Waals surface area contributed by atoms with Crippen molar-refractivity contribution in [2.24, 2.45) is 0 Å². The lowest BCUT2D eigenvalue weighted by molar-refractivity contribution is -0.883. The third-order valence-electron chi connectivity index (χ3n) is 5.29. The molecule has 152 valence electrons. The lowest BCUT2D eigenvalue weighted by atomic mass is 10.0. The summed E-state index contributed by atoms with van der Waals surface area (Å²) in [5.41, 5.74) is -0.155. The summed E-state index contributed by atoms with van der Waals surface area (Å²) in [6, 6.07) is 0.578. The van der Waals surface area contributed by atoms with Gasteiger partial charge in [-0.3, -0.25) is 4.79 Å². The molecule has 4 heterocycles. The van der Waals surface area contributed by atoms with Crippen LogP contribution < -0.4 is 10.2 Å². The first kappa shape index (κ1) is 19.1. The molecule has 1 amide bonds. The minimum atomic E-state index is -4.55. The summed E-state index contributed by atoms with van der Waals surface area (Å²) in [5.74, 6) is -0.0934. The number of hydrogen-bond acceptors (Lipinski definition) is 4. The fraction of sp³-hybridized carbons (Fsp3) is 0.529. The van der Waals surface area contributed by atoms with Crippen molar-refractivity contribution in [2.75, 3.05) is 38.5 Å². The summed E-state index contributed by atoms with van der Waals surface area (Å²) < 4.78 is 47.2. The Morgan fingerprint density at radius 2 is 2.11 bits per heavy atom. The smallest absolute Gasteiger partial charge is 0.410 e. The van der Waals surface area contributed by atoms with Gasteiger partial charge in [0.1, 0.15) is 16.6 Å². The van der Waals surface area contributed by atoms with Gasteiger partial charge in [-0.2, -0.15) is 18.3 Å². The van der Waals surface area contributed by atoms with Crippen LogP contribution in [0.25, 0.3) is 0 Å². The Balaban J connectivity index is 1.69. The first-order valence-corrected chi connectivity index (χ1v) is 9.38. The number of amides is 1. The van der Waals surface area contributed by atoms with Gasteiger partial charge < -0.3 is 19.5 Å². The second-order valence-electron chi connectivity index (χ2n) is 7.21. The molecule has 2 N–H and O–H groups in total. The van der Waals surface area contributed by atoms with E-state index < -0.39 is 24.2 Å². The topological polar surface area (TPSA) is 67.7 Å². The van der Waals surface area contributed by atoms with E-state index in [0.29, 0.717) is 18.8 Å². The Morgan fingerprint density at radius 1 is 1.39 bits per heavy atom. The lowest BCUT2D eigenvalue weighted by Gasteiger charge is -2.32. The van der Waals surface area contributed by atoms with E-state index in [-0.39, 0.29) is 23.0 Å². The van der Waals surface area contributed by atoms with Crippen molar-refractivity contribution in [1.82, 2.24) is 14.7 Å². The van der Waals surface area contributed by atoms with Gasteiger partial charge >= 0.3 is 6.18 Å². The average Bonchev–Trinajstić information content (AvgIpc) is 3.29. The molecule has 0 spiro atoms. The van der Waals surface area contributed by atoms with Crippen molar-refractivity contribution in [3.8, 4) is 0 Å². The Bertz CT molecular complexity index is 859. The van der Waals surface area contributed by atoms with Gasteiger partial charge in [0.25, 0.3) is 5.91 Å². The standard InChI is InChI=1S/C17H19ClF3N5O2/c1-24-4-6-25(7-5-24)16(27)14-13(18)15-22-10(11-3-2-8-28-11)9-12(17(19,20)21)26(15)23-14/h2-3,8,10,12,22H,4-7,9H2,1H3/p+1. The van der Waals surface area contributed by atoms with Gasteiger partial charge in [0.15, 0.2) is 11.7 Å². The fourth-order valence-electron chi connectivity index (χ4n) is 3.64. The van der Waals surface area contributed by atoms with E-state index in [9.17, 15) is 18.0 Å². The minimum absolute atomic E-state index is 0.0141. The van der Waals surface area contributed by atoms with E-state index in [1.165, 1.54) is 11.2 Å². The third kappa shape index (κ3) is 3.35. The second kappa shape index (κ2) is 7.00. The molecule has 0 radical (unpaired) electrons. The number of hydrogen-bond donors (Lipinski definition) is 2. The molecular formula is C17H20ClF3N5O2+. The van der Waals surface area contributed by atoms with Gasteiger partial charge in [-0.1, -0.05) is 11.6 Å². The maximum absolute atomic E-state index is 13.7. The molecule has 2 aliphatic heterocycles. The largest absolute Gasteiger partial charge is 0.467 e. The quantitative estimate of drug-likeness (QED) is 0.780. The molecule has 7 nitrogen and oxygen atoms in total. The number of carbonyl (C=O) groups is 1. The zero-order valence-electron chi connectivity index (χ0n) is 15.1. The number of fused-ring (bicyclic) bond motifs is 1. The van der Waals surface area contributed by atoms with Gasteiger partial charge in [-0.25, -0.2) is 4.68 Å². The van der Waals surface area contributed by atoms with E-state index in [2.05, 4.69) is 10.4 Å². The Kier molecular flexibility index (Phi) is 4.78. The Labute approximate surface area is 164 Å². The highest BCUT2D eigenvalue weighted by molar-refractivity contribution is 6.36. The van der Waals surface area contributed by atoms with Crippen molar-refractivity contribution in [3.63, 3.8) is 0 Å². The van der Waals surface area contributed by atoms with Crippen molar-refractivity contribution in [1.29, 1.82) is 0 Å². The summed E-state index contributed by atoms with van der Waals surface area (Å²) in [6.45, 7) is 2.55. The van der Waals surface area contributed by atoms with E-state index in [0.717, 1.165) is 17.8 Å². The fourth-order valence-corrected chi connectivity index (χ4v) is 3.90. The predicted octanol–water partition coefficient (Wildman–Crippen LogP) is 1.76. The Morgan fingerprint density at radius 3 is 2.71 bits per heavy atom. The molecule has 1 fully saturated rings. The highest BCUT2D eigenvalue weighted by Gasteiger charge is 2.48. The number of carbonyl (C=O) groups excluding carboxylic acids is 1. The molecule has 0 saturated carbocycles. The van der Waals surface area contributed by atoms with Crippen molar-refractivity contribution in [2.45, 2.75) is 24.7 Å². The molecule has 11 heteroatoms. The summed E-state index contributed by atoms with van der Waals surface area (Å²) in [6.07, 6.45) is -3.46. The highest BCUT2D eigenvalue weighted by atomic mass is 35.5. The maximum atomic E-state index is 13.7. The summed E-state index contributed by atoms with van der Waals surface area (Å²) >= 11 is 6.33. The van der Waals surface area contributed by atoms with E-state index >= 15 is 0 Å². The van der Waals surface area contributed by atoms with Crippen LogP contribution in [0.3, 0.4) is 0 Å². The molecule has 2 aromatic rings. The van der Waals surface area contributed by atoms with Gasteiger partial charge in [0.2, 0.25) is 0 Å². The summed E-state index contributed by atoms with van der Waals surface area (Å²) in [4.78, 5) is 15.7. The first-order valence-electron chi connectivity index (χ1n) is 9.01. The zero-order chi connectivity index (χ0) is 20.1. The number of halogens is 4. The normalized spacial score (nSPS) is 23.4. The van der Waals surface area contributed by atoms with Crippen molar-refractivity contribution < 1.29 is 27.3 Å². The molecule has 0 bridgehead atoms. The minimum Gasteiger partial charge on any atom is -0.467 e. The number of furan rings is 1. The third-order valence-corrected chi connectivity index (χ3v) is 5.65. The molecule has 2 aliphatic rings. The van der Waals surface area contributed by atoms with Crippen LogP contribution >= 0.6 is 11.6 Å². The van der Waals surface area contributed by atoms with Crippen LogP contribution in [0.4, 0.5) is 19.0 Å². The average molecular weight is 419 g/mol. The van der Waals surface area contributed by atoms with Gasteiger partial charge in [-0.15, -0.1) is 0 Å². The molecule has 4 rings (SSSR count). The number of likely N-dealkylation sites (N-methyl/N-ethyl adjacent to an activating group) is 1. The lowest BCUT2D eigenvalue weighted by Crippen LogP contribution is -3.12. The van der Waals surface area contributed by atoms with Gasteiger partial charge in [-0.05, 0) is 12.1 Å². The van der Waals surface area contributed by atoms with Crippen molar-refractivity contribution >= 4 is 23.3 Å². The second-order valence-corrected chi connectivity index (χ2v) is 7.59. The number of quaternary nitrogens is 1. The van der Waals surface area contributed by atoms with Crippen LogP contribution in [0, 0.1) is 0 Å². The van der Waals surface area contributed by atoms with Crippen LogP contribution in [0.1, 0.15) is 34.8 Å². The molecule has 0 aromatic carbocycles. The summed E-state index contributed by atoms with van der Waals surface area (Å²) in [7, 11) is 2.02. The Hall–Kier alpha value is -2.20. The zero-order valence-corrected chi connectivity index (χ0v) is 15.8. The van der Waals surface area contributed by atoms with Gasteiger partial charge in [0, 0.05) is 6.42 Å². The SMILES string of the molecule is C[NH+]1CCN(C(=O)c2nn3c(c2Cl)NC(c2ccco2)CC3C(F)(F)F)CC1. The van der Waals surface area contributed by atoms with Gasteiger partial charge in [0.05, 0.1) is 45.5 Å². The number of nitrogens with one attached hydrogen (secondary N) is 2. The van der Waals surface area contributed by atoms with Crippen LogP contribution in [-0.4, -0.2) is 60.0 Å². The number of piperazine rings is 1. The molecule has 2 unspecified atom stereocenters. The summed E-state index contributed by atoms with van der Waals surface area (Å²) in [5, 5.41) is 6.84. The van der Waals surface area contributed by atoms with Crippen LogP contribution in [0.2, 0.25) is 5.02 Å². The molecule has 2 atom stereocenters. The molecule has 0 aliphatic carbocycles. The molecule has 2 aromatic heterocycles. The number of alkyl halides is 3. The number of aromatic nitrogens is 2. The van der Waals surface area contributed by atoms with E-state index in [1.807, 2.05) is 7.05 Å². The van der Waals surface area contributed by atoms with Crippen LogP contribution in [0.15, 0.2) is 22.8 Å². The molecule has 1 saturated heterocycles. The van der Waals surface area contributed by atoms with E-state index in [4.69, 9.17) is 16.0 Å². The number of anilines is 1. The first-order chi connectivity index (χ1) is 13.3. The predicted molar refractivity (Wildman–Crippen MR) is 94.5 cm³/mol. The number of nitrogens with zero attached hydrogens (tertiary/aromatic N) is 3. The molecular weight excluding hydrogens is 399 g/mol. The molecule has 28 heavy (non-hydrogen) atoms.